The number of piperidine rings is 1. The second-order valence-electron chi connectivity index (χ2n) is 5.37. The van der Waals surface area contributed by atoms with Gasteiger partial charge in [-0.15, -0.1) is 0 Å². The number of rotatable bonds is 5. The van der Waals surface area contributed by atoms with Gasteiger partial charge in [-0.25, -0.2) is 9.59 Å². The number of amides is 3. The van der Waals surface area contributed by atoms with Crippen LogP contribution in [0.3, 0.4) is 0 Å². The largest absolute Gasteiger partial charge is 0.480 e. The van der Waals surface area contributed by atoms with Crippen LogP contribution in [0.4, 0.5) is 4.79 Å². The molecule has 8 heteroatoms. The summed E-state index contributed by atoms with van der Waals surface area (Å²) in [6.45, 7) is 0.571. The molecule has 2 atom stereocenters. The number of carbonyl (C=O) groups excluding carboxylic acids is 2. The van der Waals surface area contributed by atoms with Crippen LogP contribution < -0.4 is 5.32 Å². The monoisotopic (exact) mass is 301 g/mol. The number of nitrogens with zero attached hydrogens (tertiary/aromatic N) is 2. The quantitative estimate of drug-likeness (QED) is 0.624. The molecule has 1 aliphatic rings. The van der Waals surface area contributed by atoms with Crippen LogP contribution in [-0.2, 0) is 9.59 Å². The molecule has 8 nitrogen and oxygen atoms in total. The van der Waals surface area contributed by atoms with Crippen molar-refractivity contribution in [2.45, 2.75) is 25.3 Å². The molecule has 1 aliphatic heterocycles. The van der Waals surface area contributed by atoms with Gasteiger partial charge in [0, 0.05) is 40.2 Å². The zero-order valence-electron chi connectivity index (χ0n) is 12.4. The van der Waals surface area contributed by atoms with Gasteiger partial charge in [-0.3, -0.25) is 4.79 Å². The van der Waals surface area contributed by atoms with E-state index in [0.717, 1.165) is 0 Å². The van der Waals surface area contributed by atoms with Crippen LogP contribution in [0, 0.1) is 5.92 Å². The zero-order chi connectivity index (χ0) is 16.0. The van der Waals surface area contributed by atoms with Gasteiger partial charge in [-0.2, -0.15) is 0 Å². The van der Waals surface area contributed by atoms with E-state index in [2.05, 4.69) is 5.32 Å². The third-order valence-corrected chi connectivity index (χ3v) is 3.48. The predicted molar refractivity (Wildman–Crippen MR) is 74.6 cm³/mol. The molecule has 1 unspecified atom stereocenters. The summed E-state index contributed by atoms with van der Waals surface area (Å²) in [7, 11) is 3.29. The SMILES string of the molecule is CN(C)C(=O)N1CCCC(C(=O)N[C@@H](CCO)C(=O)O)C1. The maximum atomic E-state index is 12.1. The minimum Gasteiger partial charge on any atom is -0.480 e. The number of hydrogen-bond donors (Lipinski definition) is 3. The summed E-state index contributed by atoms with van der Waals surface area (Å²) in [5, 5.41) is 20.2. The first kappa shape index (κ1) is 17.2. The molecule has 1 heterocycles. The Morgan fingerprint density at radius 1 is 1.38 bits per heavy atom. The van der Waals surface area contributed by atoms with Gasteiger partial charge in [-0.1, -0.05) is 0 Å². The third-order valence-electron chi connectivity index (χ3n) is 3.48. The van der Waals surface area contributed by atoms with E-state index in [1.165, 1.54) is 4.90 Å². The third kappa shape index (κ3) is 4.89. The molecule has 21 heavy (non-hydrogen) atoms. The van der Waals surface area contributed by atoms with Crippen molar-refractivity contribution >= 4 is 17.9 Å². The topological polar surface area (TPSA) is 110 Å². The second kappa shape index (κ2) is 7.82. The number of carboxylic acids is 1. The van der Waals surface area contributed by atoms with Gasteiger partial charge in [-0.05, 0) is 12.8 Å². The first-order valence-corrected chi connectivity index (χ1v) is 6.97. The Hall–Kier alpha value is -1.83. The van der Waals surface area contributed by atoms with Crippen LogP contribution in [0.25, 0.3) is 0 Å². The van der Waals surface area contributed by atoms with E-state index in [-0.39, 0.29) is 31.5 Å². The first-order chi connectivity index (χ1) is 9.86. The summed E-state index contributed by atoms with van der Waals surface area (Å²) < 4.78 is 0. The zero-order valence-corrected chi connectivity index (χ0v) is 12.4. The Morgan fingerprint density at radius 2 is 2.05 bits per heavy atom. The van der Waals surface area contributed by atoms with Crippen molar-refractivity contribution in [2.75, 3.05) is 33.8 Å². The fourth-order valence-electron chi connectivity index (χ4n) is 2.32. The number of likely N-dealkylation sites (tertiary alicyclic amines) is 1. The number of urea groups is 1. The number of hydrogen-bond acceptors (Lipinski definition) is 4. The molecule has 120 valence electrons. The van der Waals surface area contributed by atoms with E-state index in [9.17, 15) is 14.4 Å². The standard InChI is InChI=1S/C13H23N3O5/c1-15(2)13(21)16-6-3-4-9(8-16)11(18)14-10(5-7-17)12(19)20/h9-10,17H,3-8H2,1-2H3,(H,14,18)(H,19,20)/t9?,10-/m0/s1. The molecule has 0 aromatic rings. The van der Waals surface area contributed by atoms with Crippen molar-refractivity contribution in [1.82, 2.24) is 15.1 Å². The van der Waals surface area contributed by atoms with Crippen LogP contribution in [-0.4, -0.2) is 77.8 Å². The number of carbonyl (C=O) groups is 3. The van der Waals surface area contributed by atoms with Gasteiger partial charge in [0.05, 0.1) is 5.92 Å². The Kier molecular flexibility index (Phi) is 6.41. The molecule has 1 saturated heterocycles. The molecule has 0 spiro atoms. The number of aliphatic hydroxyl groups is 1. The van der Waals surface area contributed by atoms with Crippen LogP contribution in [0.15, 0.2) is 0 Å². The Balaban J connectivity index is 2.61. The highest BCUT2D eigenvalue weighted by atomic mass is 16.4. The first-order valence-electron chi connectivity index (χ1n) is 6.97. The van der Waals surface area contributed by atoms with E-state index in [0.29, 0.717) is 19.4 Å². The predicted octanol–water partition coefficient (Wildman–Crippen LogP) is -0.668. The fourth-order valence-corrected chi connectivity index (χ4v) is 2.32. The lowest BCUT2D eigenvalue weighted by Crippen LogP contribution is -2.51. The summed E-state index contributed by atoms with van der Waals surface area (Å²) in [6.07, 6.45) is 1.29. The average Bonchev–Trinajstić information content (AvgIpc) is 2.45. The van der Waals surface area contributed by atoms with E-state index in [4.69, 9.17) is 10.2 Å². The van der Waals surface area contributed by atoms with Gasteiger partial charge >= 0.3 is 12.0 Å². The maximum Gasteiger partial charge on any atom is 0.326 e. The average molecular weight is 301 g/mol. The molecule has 1 rings (SSSR count). The molecule has 0 aromatic carbocycles. The fraction of sp³-hybridized carbons (Fsp3) is 0.769. The Morgan fingerprint density at radius 3 is 2.57 bits per heavy atom. The molecule has 0 radical (unpaired) electrons. The van der Waals surface area contributed by atoms with Crippen molar-refractivity contribution in [3.8, 4) is 0 Å². The van der Waals surface area contributed by atoms with Crippen LogP contribution in [0.5, 0.6) is 0 Å². The molecular formula is C13H23N3O5. The minimum absolute atomic E-state index is 0.0336. The molecule has 3 amide bonds. The maximum absolute atomic E-state index is 12.1. The molecule has 0 aromatic heterocycles. The lowest BCUT2D eigenvalue weighted by molar-refractivity contribution is -0.143. The Labute approximate surface area is 123 Å². The highest BCUT2D eigenvalue weighted by Gasteiger charge is 2.31. The smallest absolute Gasteiger partial charge is 0.326 e. The molecular weight excluding hydrogens is 278 g/mol. The van der Waals surface area contributed by atoms with Crippen LogP contribution >= 0.6 is 0 Å². The summed E-state index contributed by atoms with van der Waals surface area (Å²) >= 11 is 0. The lowest BCUT2D eigenvalue weighted by Gasteiger charge is -2.34. The second-order valence-corrected chi connectivity index (χ2v) is 5.37. The van der Waals surface area contributed by atoms with Crippen LogP contribution in [0.1, 0.15) is 19.3 Å². The van der Waals surface area contributed by atoms with Crippen molar-refractivity contribution in [3.63, 3.8) is 0 Å². The van der Waals surface area contributed by atoms with Crippen molar-refractivity contribution in [3.05, 3.63) is 0 Å². The van der Waals surface area contributed by atoms with Crippen molar-refractivity contribution in [1.29, 1.82) is 0 Å². The van der Waals surface area contributed by atoms with Crippen molar-refractivity contribution < 1.29 is 24.6 Å². The van der Waals surface area contributed by atoms with E-state index in [1.54, 1.807) is 19.0 Å². The number of aliphatic hydroxyl groups excluding tert-OH is 1. The van der Waals surface area contributed by atoms with Crippen molar-refractivity contribution in [2.24, 2.45) is 5.92 Å². The molecule has 3 N–H and O–H groups in total. The van der Waals surface area contributed by atoms with E-state index in [1.807, 2.05) is 0 Å². The van der Waals surface area contributed by atoms with Gasteiger partial charge < -0.3 is 25.3 Å². The summed E-state index contributed by atoms with van der Waals surface area (Å²) in [5.74, 6) is -1.97. The van der Waals surface area contributed by atoms with Gasteiger partial charge in [0.1, 0.15) is 6.04 Å². The van der Waals surface area contributed by atoms with Gasteiger partial charge in [0.15, 0.2) is 0 Å². The summed E-state index contributed by atoms with van der Waals surface area (Å²) in [6, 6.07) is -1.25. The normalized spacial score (nSPS) is 19.8. The van der Waals surface area contributed by atoms with E-state index >= 15 is 0 Å². The van der Waals surface area contributed by atoms with Gasteiger partial charge in [0.25, 0.3) is 0 Å². The molecule has 1 fully saturated rings. The summed E-state index contributed by atoms with van der Waals surface area (Å²) in [4.78, 5) is 38.0. The summed E-state index contributed by atoms with van der Waals surface area (Å²) in [5.41, 5.74) is 0. The number of carboxylic acid groups (broad SMARTS) is 1. The Bertz CT molecular complexity index is 399. The van der Waals surface area contributed by atoms with Crippen LogP contribution in [0.2, 0.25) is 0 Å². The number of aliphatic carboxylic acids is 1. The van der Waals surface area contributed by atoms with E-state index < -0.39 is 17.9 Å². The highest BCUT2D eigenvalue weighted by molar-refractivity contribution is 5.85. The molecule has 0 aliphatic carbocycles. The lowest BCUT2D eigenvalue weighted by atomic mass is 9.97. The number of nitrogens with one attached hydrogen (secondary N) is 1. The molecule has 0 bridgehead atoms. The minimum atomic E-state index is -1.17. The van der Waals surface area contributed by atoms with Gasteiger partial charge in [0.2, 0.25) is 5.91 Å². The highest BCUT2D eigenvalue weighted by Crippen LogP contribution is 2.18. The molecule has 0 saturated carbocycles.